The predicted octanol–water partition coefficient (Wildman–Crippen LogP) is 4.62. The van der Waals surface area contributed by atoms with Crippen molar-refractivity contribution >= 4 is 34.0 Å². The molecular weight excluding hydrogens is 411 g/mol. The number of hydrogen-bond donors (Lipinski definition) is 3. The van der Waals surface area contributed by atoms with Gasteiger partial charge in [-0.1, -0.05) is 0 Å². The fourth-order valence-corrected chi connectivity index (χ4v) is 3.22. The van der Waals surface area contributed by atoms with Crippen molar-refractivity contribution in [3.8, 4) is 5.75 Å². The Labute approximate surface area is 185 Å². The van der Waals surface area contributed by atoms with Crippen molar-refractivity contribution in [2.45, 2.75) is 32.9 Å². The zero-order valence-corrected chi connectivity index (χ0v) is 17.9. The zero-order valence-electron chi connectivity index (χ0n) is 17.9. The van der Waals surface area contributed by atoms with Crippen LogP contribution in [0.15, 0.2) is 54.9 Å². The van der Waals surface area contributed by atoms with E-state index in [1.54, 1.807) is 18.3 Å². The first-order valence-electron chi connectivity index (χ1n) is 10.4. The predicted molar refractivity (Wildman–Crippen MR) is 122 cm³/mol. The van der Waals surface area contributed by atoms with Crippen molar-refractivity contribution in [1.82, 2.24) is 19.7 Å². The smallest absolute Gasteiger partial charge is 0.229 e. The summed E-state index contributed by atoms with van der Waals surface area (Å²) in [5.74, 6) is 0.504. The minimum absolute atomic E-state index is 0.0640. The second kappa shape index (κ2) is 9.61. The molecule has 3 N–H and O–H groups in total. The minimum Gasteiger partial charge on any atom is -0.491 e. The number of aromatic nitrogens is 4. The van der Waals surface area contributed by atoms with Crippen molar-refractivity contribution in [3.05, 3.63) is 60.7 Å². The molecular formula is C23H25FN6O2. The molecule has 0 atom stereocenters. The van der Waals surface area contributed by atoms with Gasteiger partial charge in [0.2, 0.25) is 5.95 Å². The van der Waals surface area contributed by atoms with Crippen molar-refractivity contribution in [3.63, 3.8) is 0 Å². The van der Waals surface area contributed by atoms with E-state index in [1.807, 2.05) is 48.9 Å². The van der Waals surface area contributed by atoms with Crippen molar-refractivity contribution in [1.29, 1.82) is 0 Å². The molecule has 9 heteroatoms. The summed E-state index contributed by atoms with van der Waals surface area (Å²) in [6.07, 6.45) is 3.60. The number of rotatable bonds is 9. The highest BCUT2D eigenvalue weighted by atomic mass is 19.1. The molecule has 0 aliphatic rings. The first-order chi connectivity index (χ1) is 15.5. The van der Waals surface area contributed by atoms with Crippen LogP contribution in [0.5, 0.6) is 5.75 Å². The number of nitrogens with one attached hydrogen (secondary N) is 2. The normalized spacial score (nSPS) is 11.2. The first kappa shape index (κ1) is 21.5. The second-order valence-electron chi connectivity index (χ2n) is 7.55. The Morgan fingerprint density at radius 1 is 1.06 bits per heavy atom. The van der Waals surface area contributed by atoms with E-state index in [2.05, 4.69) is 25.7 Å². The number of halogens is 1. The van der Waals surface area contributed by atoms with Crippen LogP contribution in [0.4, 0.5) is 27.5 Å². The maximum Gasteiger partial charge on any atom is 0.229 e. The lowest BCUT2D eigenvalue weighted by molar-refractivity contribution is 0.242. The Hall–Kier alpha value is -3.72. The molecule has 2 aromatic heterocycles. The van der Waals surface area contributed by atoms with Crippen molar-refractivity contribution in [2.75, 3.05) is 17.2 Å². The van der Waals surface area contributed by atoms with Crippen LogP contribution < -0.4 is 15.4 Å². The van der Waals surface area contributed by atoms with Gasteiger partial charge >= 0.3 is 0 Å². The Balaban J connectivity index is 1.51. The summed E-state index contributed by atoms with van der Waals surface area (Å²) >= 11 is 0. The van der Waals surface area contributed by atoms with Gasteiger partial charge in [-0.15, -0.1) is 0 Å². The van der Waals surface area contributed by atoms with Gasteiger partial charge < -0.3 is 20.5 Å². The van der Waals surface area contributed by atoms with Crippen LogP contribution in [0, 0.1) is 5.82 Å². The number of aliphatic hydroxyl groups is 1. The van der Waals surface area contributed by atoms with Crippen LogP contribution in [-0.2, 0) is 6.54 Å². The molecule has 166 valence electrons. The molecule has 0 aliphatic carbocycles. The van der Waals surface area contributed by atoms with Crippen molar-refractivity contribution in [2.24, 2.45) is 0 Å². The largest absolute Gasteiger partial charge is 0.491 e. The summed E-state index contributed by atoms with van der Waals surface area (Å²) in [6, 6.07) is 13.0. The monoisotopic (exact) mass is 436 g/mol. The highest BCUT2D eigenvalue weighted by Crippen LogP contribution is 2.24. The molecule has 0 aliphatic heterocycles. The number of fused-ring (bicyclic) bond motifs is 1. The molecule has 8 nitrogen and oxygen atoms in total. The van der Waals surface area contributed by atoms with Gasteiger partial charge in [0, 0.05) is 29.9 Å². The summed E-state index contributed by atoms with van der Waals surface area (Å²) in [4.78, 5) is 8.33. The third-order valence-electron chi connectivity index (χ3n) is 4.66. The average Bonchev–Trinajstić information content (AvgIpc) is 3.18. The van der Waals surface area contributed by atoms with E-state index in [4.69, 9.17) is 9.84 Å². The number of hydrogen-bond acceptors (Lipinski definition) is 7. The van der Waals surface area contributed by atoms with Crippen LogP contribution in [0.1, 0.15) is 20.3 Å². The molecule has 0 bridgehead atoms. The number of benzene rings is 2. The maximum absolute atomic E-state index is 14.3. The standard InChI is InChI=1S/C23H25FN6O2/c1-15(2)32-19-8-6-17(7-9-19)27-22-20(24)14-25-23(29-22)28-18-5-4-16-13-26-30(10-3-11-31)21(16)12-18/h4-9,12-15,31H,3,10-11H2,1-2H3,(H2,25,27,28,29). The molecule has 4 rings (SSSR count). The van der Waals surface area contributed by atoms with Gasteiger partial charge in [-0.05, 0) is 62.7 Å². The number of aryl methyl sites for hydroxylation is 1. The van der Waals surface area contributed by atoms with Crippen LogP contribution in [0.2, 0.25) is 0 Å². The van der Waals surface area contributed by atoms with E-state index in [0.717, 1.165) is 28.5 Å². The lowest BCUT2D eigenvalue weighted by atomic mass is 10.2. The molecule has 0 saturated carbocycles. The lowest BCUT2D eigenvalue weighted by Gasteiger charge is -2.12. The third-order valence-corrected chi connectivity index (χ3v) is 4.66. The lowest BCUT2D eigenvalue weighted by Crippen LogP contribution is -2.06. The van der Waals surface area contributed by atoms with E-state index >= 15 is 0 Å². The van der Waals surface area contributed by atoms with Crippen LogP contribution in [0.3, 0.4) is 0 Å². The molecule has 2 aromatic carbocycles. The molecule has 0 amide bonds. The highest BCUT2D eigenvalue weighted by Gasteiger charge is 2.10. The van der Waals surface area contributed by atoms with Gasteiger partial charge in [0.05, 0.1) is 24.0 Å². The van der Waals surface area contributed by atoms with E-state index in [9.17, 15) is 4.39 Å². The molecule has 0 radical (unpaired) electrons. The van der Waals surface area contributed by atoms with Crippen LogP contribution >= 0.6 is 0 Å². The van der Waals surface area contributed by atoms with Crippen molar-refractivity contribution < 1.29 is 14.2 Å². The summed E-state index contributed by atoms with van der Waals surface area (Å²) < 4.78 is 21.8. The van der Waals surface area contributed by atoms with E-state index < -0.39 is 5.82 Å². The Kier molecular flexibility index (Phi) is 6.46. The summed E-state index contributed by atoms with van der Waals surface area (Å²) in [6.45, 7) is 4.63. The Bertz CT molecular complexity index is 1190. The molecule has 0 saturated heterocycles. The van der Waals surface area contributed by atoms with E-state index in [0.29, 0.717) is 18.7 Å². The van der Waals surface area contributed by atoms with Gasteiger partial charge in [-0.2, -0.15) is 10.1 Å². The number of nitrogens with zero attached hydrogens (tertiary/aromatic N) is 4. The van der Waals surface area contributed by atoms with E-state index in [-0.39, 0.29) is 24.5 Å². The third kappa shape index (κ3) is 5.12. The fraction of sp³-hybridized carbons (Fsp3) is 0.261. The van der Waals surface area contributed by atoms with E-state index in [1.165, 1.54) is 0 Å². The minimum atomic E-state index is -0.560. The molecule has 0 fully saturated rings. The molecule has 2 heterocycles. The number of ether oxygens (including phenoxy) is 1. The first-order valence-corrected chi connectivity index (χ1v) is 10.4. The van der Waals surface area contributed by atoms with Gasteiger partial charge in [-0.25, -0.2) is 9.37 Å². The maximum atomic E-state index is 14.3. The summed E-state index contributed by atoms with van der Waals surface area (Å²) in [5, 5.41) is 20.5. The molecule has 0 unspecified atom stereocenters. The number of aliphatic hydroxyl groups excluding tert-OH is 1. The average molecular weight is 436 g/mol. The Morgan fingerprint density at radius 3 is 2.59 bits per heavy atom. The topological polar surface area (TPSA) is 97.1 Å². The molecule has 0 spiro atoms. The highest BCUT2D eigenvalue weighted by molar-refractivity contribution is 5.83. The second-order valence-corrected chi connectivity index (χ2v) is 7.55. The van der Waals surface area contributed by atoms with Crippen LogP contribution in [-0.4, -0.2) is 37.6 Å². The fourth-order valence-electron chi connectivity index (χ4n) is 3.22. The molecule has 4 aromatic rings. The van der Waals surface area contributed by atoms with Gasteiger partial charge in [0.1, 0.15) is 5.75 Å². The zero-order chi connectivity index (χ0) is 22.5. The number of anilines is 4. The quantitative estimate of drug-likeness (QED) is 0.352. The molecule has 32 heavy (non-hydrogen) atoms. The summed E-state index contributed by atoms with van der Waals surface area (Å²) in [5.41, 5.74) is 2.35. The SMILES string of the molecule is CC(C)Oc1ccc(Nc2nc(Nc3ccc4cnn(CCCO)c4c3)ncc2F)cc1. The Morgan fingerprint density at radius 2 is 1.84 bits per heavy atom. The van der Waals surface area contributed by atoms with Crippen LogP contribution in [0.25, 0.3) is 10.9 Å². The van der Waals surface area contributed by atoms with Gasteiger partial charge in [-0.3, -0.25) is 4.68 Å². The van der Waals surface area contributed by atoms with Gasteiger partial charge in [0.25, 0.3) is 0 Å². The van der Waals surface area contributed by atoms with Gasteiger partial charge in [0.15, 0.2) is 11.6 Å². The summed E-state index contributed by atoms with van der Waals surface area (Å²) in [7, 11) is 0.